The van der Waals surface area contributed by atoms with E-state index in [9.17, 15) is 9.59 Å². The van der Waals surface area contributed by atoms with Crippen molar-refractivity contribution in [1.82, 2.24) is 20.5 Å². The van der Waals surface area contributed by atoms with Crippen LogP contribution in [0.2, 0.25) is 0 Å². The Balaban J connectivity index is 1.75. The van der Waals surface area contributed by atoms with Crippen molar-refractivity contribution in [1.29, 1.82) is 0 Å². The molecule has 3 rings (SSSR count). The van der Waals surface area contributed by atoms with Gasteiger partial charge in [0.2, 0.25) is 0 Å². The first-order valence-corrected chi connectivity index (χ1v) is 6.53. The molecule has 6 heteroatoms. The van der Waals surface area contributed by atoms with Crippen LogP contribution in [-0.2, 0) is 0 Å². The van der Waals surface area contributed by atoms with Crippen LogP contribution in [0.25, 0.3) is 10.9 Å². The molecule has 0 spiro atoms. The number of benzene rings is 1. The summed E-state index contributed by atoms with van der Waals surface area (Å²) in [6, 6.07) is 8.92. The number of hydrogen-bond acceptors (Lipinski definition) is 2. The first kappa shape index (κ1) is 12.5. The molecule has 1 radical (unpaired) electrons. The second-order valence-electron chi connectivity index (χ2n) is 4.85. The van der Waals surface area contributed by atoms with E-state index >= 15 is 0 Å². The first-order chi connectivity index (χ1) is 9.65. The van der Waals surface area contributed by atoms with Gasteiger partial charge >= 0.3 is 6.03 Å². The Labute approximate surface area is 116 Å². The highest BCUT2D eigenvalue weighted by molar-refractivity contribution is 5.98. The highest BCUT2D eigenvalue weighted by atomic mass is 16.2. The Bertz CT molecular complexity index is 623. The van der Waals surface area contributed by atoms with Gasteiger partial charge in [-0.3, -0.25) is 4.79 Å². The molecule has 0 unspecified atom stereocenters. The number of hydrogen-bond donors (Lipinski definition) is 1. The Morgan fingerprint density at radius 3 is 2.35 bits per heavy atom. The van der Waals surface area contributed by atoms with Crippen LogP contribution >= 0.6 is 0 Å². The molecule has 1 aromatic heterocycles. The molecule has 1 aliphatic heterocycles. The minimum absolute atomic E-state index is 0.0571. The average Bonchev–Trinajstić information content (AvgIpc) is 2.90. The number of carbonyl (C=O) groups excluding carboxylic acids is 2. The summed E-state index contributed by atoms with van der Waals surface area (Å²) in [5, 5.41) is 1.01. The van der Waals surface area contributed by atoms with Crippen molar-refractivity contribution >= 4 is 22.8 Å². The molecule has 103 valence electrons. The van der Waals surface area contributed by atoms with Crippen molar-refractivity contribution in [3.05, 3.63) is 36.0 Å². The highest BCUT2D eigenvalue weighted by Crippen LogP contribution is 2.16. The molecule has 0 atom stereocenters. The van der Waals surface area contributed by atoms with Gasteiger partial charge in [0, 0.05) is 37.1 Å². The average molecular weight is 271 g/mol. The maximum Gasteiger partial charge on any atom is 0.336 e. The van der Waals surface area contributed by atoms with E-state index < -0.39 is 6.03 Å². The lowest BCUT2D eigenvalue weighted by molar-refractivity contribution is 0.0664. The summed E-state index contributed by atoms with van der Waals surface area (Å²) in [6.07, 6.45) is 0. The number of rotatable bonds is 1. The van der Waals surface area contributed by atoms with Crippen molar-refractivity contribution in [3.63, 3.8) is 0 Å². The van der Waals surface area contributed by atoms with Gasteiger partial charge in [0.15, 0.2) is 0 Å². The fourth-order valence-corrected chi connectivity index (χ4v) is 2.47. The lowest BCUT2D eigenvalue weighted by Gasteiger charge is -2.33. The van der Waals surface area contributed by atoms with Crippen LogP contribution in [-0.4, -0.2) is 52.9 Å². The second kappa shape index (κ2) is 4.88. The molecule has 0 bridgehead atoms. The van der Waals surface area contributed by atoms with Crippen molar-refractivity contribution in [2.45, 2.75) is 0 Å². The zero-order valence-corrected chi connectivity index (χ0v) is 10.9. The number of amides is 3. The number of urea groups is 1. The molecule has 20 heavy (non-hydrogen) atoms. The summed E-state index contributed by atoms with van der Waals surface area (Å²) in [6.45, 7) is 1.79. The van der Waals surface area contributed by atoms with Crippen LogP contribution in [0.5, 0.6) is 0 Å². The zero-order valence-electron chi connectivity index (χ0n) is 10.9. The van der Waals surface area contributed by atoms with E-state index in [2.05, 4.69) is 4.98 Å². The number of piperazine rings is 1. The molecule has 6 nitrogen and oxygen atoms in total. The van der Waals surface area contributed by atoms with Crippen LogP contribution in [0.1, 0.15) is 10.5 Å². The molecule has 1 fully saturated rings. The van der Waals surface area contributed by atoms with Crippen LogP contribution in [0.4, 0.5) is 4.79 Å². The fraction of sp³-hybridized carbons (Fsp3) is 0.286. The Morgan fingerprint density at radius 2 is 1.70 bits per heavy atom. The molecule has 2 aromatic rings. The topological polar surface area (TPSA) is 80.2 Å². The minimum Gasteiger partial charge on any atom is -0.351 e. The van der Waals surface area contributed by atoms with Gasteiger partial charge in [-0.1, -0.05) is 18.2 Å². The van der Waals surface area contributed by atoms with Crippen molar-refractivity contribution < 1.29 is 9.59 Å². The third kappa shape index (κ3) is 2.20. The van der Waals surface area contributed by atoms with Gasteiger partial charge in [-0.25, -0.2) is 10.5 Å². The van der Waals surface area contributed by atoms with Crippen molar-refractivity contribution in [2.75, 3.05) is 26.2 Å². The van der Waals surface area contributed by atoms with E-state index in [1.807, 2.05) is 30.3 Å². The smallest absolute Gasteiger partial charge is 0.336 e. The third-order valence-corrected chi connectivity index (χ3v) is 3.61. The van der Waals surface area contributed by atoms with Crippen molar-refractivity contribution in [2.24, 2.45) is 0 Å². The fourth-order valence-electron chi connectivity index (χ4n) is 2.47. The molecule has 0 aliphatic carbocycles. The van der Waals surface area contributed by atoms with Gasteiger partial charge < -0.3 is 14.8 Å². The minimum atomic E-state index is -0.678. The van der Waals surface area contributed by atoms with Crippen molar-refractivity contribution in [3.8, 4) is 0 Å². The van der Waals surface area contributed by atoms with E-state index in [1.165, 1.54) is 4.90 Å². The number of carbonyl (C=O) groups is 2. The molecule has 1 aliphatic rings. The van der Waals surface area contributed by atoms with Gasteiger partial charge in [-0.15, -0.1) is 0 Å². The second-order valence-corrected chi connectivity index (χ2v) is 4.85. The van der Waals surface area contributed by atoms with Crippen LogP contribution in [0.15, 0.2) is 30.3 Å². The maximum atomic E-state index is 12.4. The standard InChI is InChI=1S/C14H15N4O2/c15-14(20)18-7-5-17(6-8-18)13(19)12-9-10-3-1-2-4-11(10)16-12/h1-4,9,15-16H,5-8H2. The van der Waals surface area contributed by atoms with Gasteiger partial charge in [0.25, 0.3) is 5.91 Å². The van der Waals surface area contributed by atoms with E-state index in [-0.39, 0.29) is 5.91 Å². The van der Waals surface area contributed by atoms with Gasteiger partial charge in [-0.2, -0.15) is 0 Å². The normalized spacial score (nSPS) is 15.6. The Hall–Kier alpha value is -2.50. The first-order valence-electron chi connectivity index (χ1n) is 6.53. The molecular weight excluding hydrogens is 256 g/mol. The summed E-state index contributed by atoms with van der Waals surface area (Å²) in [4.78, 5) is 29.6. The monoisotopic (exact) mass is 271 g/mol. The maximum absolute atomic E-state index is 12.4. The van der Waals surface area contributed by atoms with Gasteiger partial charge in [0.1, 0.15) is 5.69 Å². The lowest BCUT2D eigenvalue weighted by Crippen LogP contribution is -2.50. The predicted octanol–water partition coefficient (Wildman–Crippen LogP) is 1.33. The number of H-pyrrole nitrogens is 1. The largest absolute Gasteiger partial charge is 0.351 e. The molecule has 3 amide bonds. The van der Waals surface area contributed by atoms with E-state index in [1.54, 1.807) is 4.90 Å². The highest BCUT2D eigenvalue weighted by Gasteiger charge is 2.24. The quantitative estimate of drug-likeness (QED) is 0.849. The number of aromatic amines is 1. The van der Waals surface area contributed by atoms with E-state index in [0.717, 1.165) is 10.9 Å². The number of para-hydroxylation sites is 1. The Kier molecular flexibility index (Phi) is 3.06. The summed E-state index contributed by atoms with van der Waals surface area (Å²) in [5.74, 6) is -0.0571. The molecule has 0 saturated carbocycles. The molecule has 2 heterocycles. The summed E-state index contributed by atoms with van der Waals surface area (Å²) >= 11 is 0. The lowest BCUT2D eigenvalue weighted by atomic mass is 10.2. The summed E-state index contributed by atoms with van der Waals surface area (Å²) in [7, 11) is 0. The molecular formula is C14H15N4O2. The van der Waals surface area contributed by atoms with Crippen LogP contribution < -0.4 is 5.73 Å². The third-order valence-electron chi connectivity index (χ3n) is 3.61. The SMILES string of the molecule is [NH]C(=O)N1CCN(C(=O)c2cc3ccccc3[nH]2)CC1. The predicted molar refractivity (Wildman–Crippen MR) is 74.3 cm³/mol. The summed E-state index contributed by atoms with van der Waals surface area (Å²) in [5.41, 5.74) is 8.57. The summed E-state index contributed by atoms with van der Waals surface area (Å²) < 4.78 is 0. The van der Waals surface area contributed by atoms with E-state index in [0.29, 0.717) is 31.9 Å². The molecule has 1 saturated heterocycles. The van der Waals surface area contributed by atoms with Crippen LogP contribution in [0, 0.1) is 0 Å². The number of nitrogens with zero attached hydrogens (tertiary/aromatic N) is 2. The number of aromatic nitrogens is 1. The van der Waals surface area contributed by atoms with Gasteiger partial charge in [-0.05, 0) is 12.1 Å². The van der Waals surface area contributed by atoms with Crippen LogP contribution in [0.3, 0.4) is 0 Å². The van der Waals surface area contributed by atoms with Gasteiger partial charge in [0.05, 0.1) is 0 Å². The molecule has 2 N–H and O–H groups in total. The number of fused-ring (bicyclic) bond motifs is 1. The van der Waals surface area contributed by atoms with E-state index in [4.69, 9.17) is 5.73 Å². The molecule has 1 aromatic carbocycles. The number of nitrogens with one attached hydrogen (secondary N) is 2. The zero-order chi connectivity index (χ0) is 14.1. The Morgan fingerprint density at radius 1 is 1.05 bits per heavy atom.